The van der Waals surface area contributed by atoms with E-state index in [1.165, 1.54) is 44.6 Å². The maximum absolute atomic E-state index is 9.10. The first-order chi connectivity index (χ1) is 12.5. The standard InChI is InChI=1S/C17H28N2O.C2H2O4/c1-3-18(14-15-19-11-6-7-12-19)13-10-16-8-4-5-9-17(16)20-2;3-1(4)2(5)6/h4-5,8-9H,3,6-7,10-15H2,1-2H3;(H,3,4)(H,5,6). The van der Waals surface area contributed by atoms with Crippen molar-refractivity contribution in [3.05, 3.63) is 29.8 Å². The van der Waals surface area contributed by atoms with Gasteiger partial charge in [0.1, 0.15) is 5.75 Å². The highest BCUT2D eigenvalue weighted by Gasteiger charge is 2.13. The first-order valence-corrected chi connectivity index (χ1v) is 9.00. The molecule has 1 aliphatic rings. The van der Waals surface area contributed by atoms with Crippen molar-refractivity contribution in [2.45, 2.75) is 26.2 Å². The molecule has 2 rings (SSSR count). The van der Waals surface area contributed by atoms with Gasteiger partial charge in [-0.25, -0.2) is 9.59 Å². The van der Waals surface area contributed by atoms with Crippen molar-refractivity contribution in [1.82, 2.24) is 9.80 Å². The van der Waals surface area contributed by atoms with Gasteiger partial charge in [-0.1, -0.05) is 25.1 Å². The molecule has 1 aromatic rings. The van der Waals surface area contributed by atoms with E-state index in [1.807, 2.05) is 6.07 Å². The van der Waals surface area contributed by atoms with Crippen molar-refractivity contribution in [2.24, 2.45) is 0 Å². The van der Waals surface area contributed by atoms with E-state index in [9.17, 15) is 0 Å². The van der Waals surface area contributed by atoms with Crippen molar-refractivity contribution in [3.8, 4) is 5.75 Å². The van der Waals surface area contributed by atoms with Gasteiger partial charge in [0.15, 0.2) is 0 Å². The van der Waals surface area contributed by atoms with Crippen LogP contribution in [-0.4, -0.2) is 78.3 Å². The zero-order valence-corrected chi connectivity index (χ0v) is 15.7. The van der Waals surface area contributed by atoms with Crippen molar-refractivity contribution in [2.75, 3.05) is 46.4 Å². The van der Waals surface area contributed by atoms with Crippen molar-refractivity contribution in [1.29, 1.82) is 0 Å². The number of methoxy groups -OCH3 is 1. The molecular weight excluding hydrogens is 336 g/mol. The molecule has 1 heterocycles. The van der Waals surface area contributed by atoms with Crippen LogP contribution in [0.2, 0.25) is 0 Å². The average molecular weight is 366 g/mol. The third kappa shape index (κ3) is 8.31. The summed E-state index contributed by atoms with van der Waals surface area (Å²) in [5.74, 6) is -2.63. The average Bonchev–Trinajstić information content (AvgIpc) is 3.16. The largest absolute Gasteiger partial charge is 0.496 e. The molecule has 0 spiro atoms. The van der Waals surface area contributed by atoms with E-state index in [2.05, 4.69) is 34.9 Å². The number of rotatable bonds is 8. The molecule has 0 radical (unpaired) electrons. The fourth-order valence-corrected chi connectivity index (χ4v) is 2.91. The van der Waals surface area contributed by atoms with Gasteiger partial charge in [0.25, 0.3) is 0 Å². The van der Waals surface area contributed by atoms with Crippen LogP contribution in [-0.2, 0) is 16.0 Å². The van der Waals surface area contributed by atoms with Crippen molar-refractivity contribution < 1.29 is 24.5 Å². The zero-order chi connectivity index (χ0) is 19.4. The lowest BCUT2D eigenvalue weighted by molar-refractivity contribution is -0.159. The molecule has 0 bridgehead atoms. The molecule has 0 atom stereocenters. The van der Waals surface area contributed by atoms with E-state index >= 15 is 0 Å². The monoisotopic (exact) mass is 366 g/mol. The molecule has 1 saturated heterocycles. The summed E-state index contributed by atoms with van der Waals surface area (Å²) in [5.41, 5.74) is 1.31. The number of ether oxygens (including phenoxy) is 1. The van der Waals surface area contributed by atoms with Crippen LogP contribution >= 0.6 is 0 Å². The van der Waals surface area contributed by atoms with E-state index < -0.39 is 11.9 Å². The number of carboxylic acid groups (broad SMARTS) is 2. The summed E-state index contributed by atoms with van der Waals surface area (Å²) in [6.45, 7) is 9.50. The Bertz CT molecular complexity index is 547. The van der Waals surface area contributed by atoms with Crippen LogP contribution in [0.4, 0.5) is 0 Å². The van der Waals surface area contributed by atoms with Gasteiger partial charge in [0.05, 0.1) is 7.11 Å². The maximum Gasteiger partial charge on any atom is 0.414 e. The second-order valence-electron chi connectivity index (χ2n) is 6.16. The molecule has 7 nitrogen and oxygen atoms in total. The van der Waals surface area contributed by atoms with Crippen LogP contribution in [0.15, 0.2) is 24.3 Å². The van der Waals surface area contributed by atoms with Crippen LogP contribution < -0.4 is 4.74 Å². The summed E-state index contributed by atoms with van der Waals surface area (Å²) in [4.78, 5) is 23.3. The smallest absolute Gasteiger partial charge is 0.414 e. The van der Waals surface area contributed by atoms with E-state index in [0.717, 1.165) is 25.3 Å². The minimum atomic E-state index is -1.82. The Hall–Kier alpha value is -2.12. The molecular formula is C19H30N2O5. The number of carbonyl (C=O) groups is 2. The van der Waals surface area contributed by atoms with Gasteiger partial charge < -0.3 is 24.7 Å². The first kappa shape index (κ1) is 21.9. The molecule has 0 aliphatic carbocycles. The van der Waals surface area contributed by atoms with Crippen LogP contribution in [0.5, 0.6) is 5.75 Å². The van der Waals surface area contributed by atoms with Crippen molar-refractivity contribution in [3.63, 3.8) is 0 Å². The van der Waals surface area contributed by atoms with E-state index in [4.69, 9.17) is 24.5 Å². The van der Waals surface area contributed by atoms with E-state index in [1.54, 1.807) is 7.11 Å². The lowest BCUT2D eigenvalue weighted by Crippen LogP contribution is -2.35. The number of likely N-dealkylation sites (tertiary alicyclic amines) is 1. The molecule has 26 heavy (non-hydrogen) atoms. The number of aliphatic carboxylic acids is 2. The Balaban J connectivity index is 0.000000487. The van der Waals surface area contributed by atoms with Gasteiger partial charge in [-0.05, 0) is 50.5 Å². The molecule has 146 valence electrons. The fourth-order valence-electron chi connectivity index (χ4n) is 2.91. The summed E-state index contributed by atoms with van der Waals surface area (Å²) in [6.07, 6.45) is 3.83. The van der Waals surface area contributed by atoms with Gasteiger partial charge in [-0.15, -0.1) is 0 Å². The highest BCUT2D eigenvalue weighted by molar-refractivity contribution is 6.27. The Labute approximate surface area is 155 Å². The molecule has 0 saturated carbocycles. The van der Waals surface area contributed by atoms with Gasteiger partial charge in [0, 0.05) is 19.6 Å². The van der Waals surface area contributed by atoms with Gasteiger partial charge in [0.2, 0.25) is 0 Å². The molecule has 0 aromatic heterocycles. The number of hydrogen-bond donors (Lipinski definition) is 2. The van der Waals surface area contributed by atoms with Crippen LogP contribution in [0.25, 0.3) is 0 Å². The molecule has 2 N–H and O–H groups in total. The Morgan fingerprint density at radius 1 is 1.12 bits per heavy atom. The van der Waals surface area contributed by atoms with Crippen LogP contribution in [0, 0.1) is 0 Å². The van der Waals surface area contributed by atoms with E-state index in [-0.39, 0.29) is 0 Å². The molecule has 0 amide bonds. The number of hydrogen-bond acceptors (Lipinski definition) is 5. The topological polar surface area (TPSA) is 90.3 Å². The number of nitrogens with zero attached hydrogens (tertiary/aromatic N) is 2. The fraction of sp³-hybridized carbons (Fsp3) is 0.579. The molecule has 0 unspecified atom stereocenters. The summed E-state index contributed by atoms with van der Waals surface area (Å²) in [7, 11) is 1.75. The molecule has 7 heteroatoms. The zero-order valence-electron chi connectivity index (χ0n) is 15.7. The van der Waals surface area contributed by atoms with Crippen LogP contribution in [0.1, 0.15) is 25.3 Å². The quantitative estimate of drug-likeness (QED) is 0.678. The van der Waals surface area contributed by atoms with E-state index in [0.29, 0.717) is 0 Å². The molecule has 1 fully saturated rings. The second kappa shape index (κ2) is 12.3. The lowest BCUT2D eigenvalue weighted by Gasteiger charge is -2.24. The second-order valence-corrected chi connectivity index (χ2v) is 6.16. The maximum atomic E-state index is 9.10. The summed E-state index contributed by atoms with van der Waals surface area (Å²) < 4.78 is 5.43. The number of likely N-dealkylation sites (N-methyl/N-ethyl adjacent to an activating group) is 1. The molecule has 1 aliphatic heterocycles. The SMILES string of the molecule is CCN(CCc1ccccc1OC)CCN1CCCC1.O=C(O)C(=O)O. The summed E-state index contributed by atoms with van der Waals surface area (Å²) in [6, 6.07) is 8.36. The third-order valence-electron chi connectivity index (χ3n) is 4.45. The van der Waals surface area contributed by atoms with Gasteiger partial charge in [-0.2, -0.15) is 0 Å². The highest BCUT2D eigenvalue weighted by atomic mass is 16.5. The lowest BCUT2D eigenvalue weighted by atomic mass is 10.1. The Kier molecular flexibility index (Phi) is 10.3. The first-order valence-electron chi connectivity index (χ1n) is 9.00. The number of carboxylic acids is 2. The van der Waals surface area contributed by atoms with Gasteiger partial charge >= 0.3 is 11.9 Å². The highest BCUT2D eigenvalue weighted by Crippen LogP contribution is 2.18. The van der Waals surface area contributed by atoms with Crippen LogP contribution in [0.3, 0.4) is 0 Å². The minimum absolute atomic E-state index is 1.02. The normalized spacial score (nSPS) is 14.0. The predicted molar refractivity (Wildman–Crippen MR) is 99.8 cm³/mol. The summed E-state index contributed by atoms with van der Waals surface area (Å²) in [5, 5.41) is 14.8. The predicted octanol–water partition coefficient (Wildman–Crippen LogP) is 1.81. The third-order valence-corrected chi connectivity index (χ3v) is 4.45. The molecule has 1 aromatic carbocycles. The Morgan fingerprint density at radius 2 is 1.73 bits per heavy atom. The summed E-state index contributed by atoms with van der Waals surface area (Å²) >= 11 is 0. The number of benzene rings is 1. The number of para-hydroxylation sites is 1. The van der Waals surface area contributed by atoms with Crippen molar-refractivity contribution >= 4 is 11.9 Å². The van der Waals surface area contributed by atoms with Gasteiger partial charge in [-0.3, -0.25) is 0 Å². The Morgan fingerprint density at radius 3 is 2.27 bits per heavy atom. The minimum Gasteiger partial charge on any atom is -0.496 e.